The van der Waals surface area contributed by atoms with Crippen molar-refractivity contribution in [1.29, 1.82) is 0 Å². The third-order valence-corrected chi connectivity index (χ3v) is 5.46. The summed E-state index contributed by atoms with van der Waals surface area (Å²) < 4.78 is 2.04. The normalized spacial score (nSPS) is 26.5. The van der Waals surface area contributed by atoms with Crippen molar-refractivity contribution in [2.24, 2.45) is 5.92 Å². The van der Waals surface area contributed by atoms with Crippen molar-refractivity contribution in [2.45, 2.75) is 46.3 Å². The van der Waals surface area contributed by atoms with Crippen LogP contribution in [-0.2, 0) is 11.3 Å². The van der Waals surface area contributed by atoms with E-state index in [4.69, 9.17) is 0 Å². The van der Waals surface area contributed by atoms with Crippen LogP contribution in [0.15, 0.2) is 12.3 Å². The summed E-state index contributed by atoms with van der Waals surface area (Å²) in [5.41, 5.74) is 1.16. The van der Waals surface area contributed by atoms with Crippen molar-refractivity contribution in [3.63, 3.8) is 0 Å². The van der Waals surface area contributed by atoms with Crippen LogP contribution in [0.5, 0.6) is 0 Å². The number of likely N-dealkylation sites (tertiary alicyclic amines) is 1. The van der Waals surface area contributed by atoms with Crippen molar-refractivity contribution in [3.05, 3.63) is 18.0 Å². The van der Waals surface area contributed by atoms with E-state index in [9.17, 15) is 4.79 Å². The zero-order chi connectivity index (χ0) is 17.3. The summed E-state index contributed by atoms with van der Waals surface area (Å²) in [5, 5.41) is 4.68. The molecule has 1 aromatic heterocycles. The smallest absolute Gasteiger partial charge is 0.219 e. The number of hydrogen-bond donors (Lipinski definition) is 0. The van der Waals surface area contributed by atoms with Gasteiger partial charge in [0.2, 0.25) is 5.91 Å². The number of carbonyl (C=O) groups is 1. The molecular formula is C18H31N5O. The van der Waals surface area contributed by atoms with Crippen molar-refractivity contribution < 1.29 is 4.79 Å². The molecule has 0 spiro atoms. The quantitative estimate of drug-likeness (QED) is 0.837. The lowest BCUT2D eigenvalue weighted by atomic mass is 10.0. The Morgan fingerprint density at radius 1 is 1.25 bits per heavy atom. The van der Waals surface area contributed by atoms with Gasteiger partial charge in [-0.05, 0) is 25.8 Å². The van der Waals surface area contributed by atoms with Gasteiger partial charge in [-0.1, -0.05) is 6.92 Å². The van der Waals surface area contributed by atoms with E-state index in [1.807, 2.05) is 9.58 Å². The molecule has 0 bridgehead atoms. The third kappa shape index (κ3) is 3.81. The molecule has 2 atom stereocenters. The monoisotopic (exact) mass is 333 g/mol. The van der Waals surface area contributed by atoms with Gasteiger partial charge >= 0.3 is 0 Å². The minimum atomic E-state index is 0.205. The molecule has 3 heterocycles. The van der Waals surface area contributed by atoms with Gasteiger partial charge in [0.25, 0.3) is 0 Å². The van der Waals surface area contributed by atoms with Crippen LogP contribution in [0.4, 0.5) is 0 Å². The molecule has 6 nitrogen and oxygen atoms in total. The van der Waals surface area contributed by atoms with Gasteiger partial charge in [-0.15, -0.1) is 0 Å². The first kappa shape index (κ1) is 17.4. The highest BCUT2D eigenvalue weighted by Crippen LogP contribution is 2.24. The van der Waals surface area contributed by atoms with Crippen molar-refractivity contribution >= 4 is 5.91 Å². The van der Waals surface area contributed by atoms with Crippen LogP contribution in [0, 0.1) is 5.92 Å². The summed E-state index contributed by atoms with van der Waals surface area (Å²) in [6, 6.07) is 3.16. The molecule has 2 aliphatic rings. The fourth-order valence-electron chi connectivity index (χ4n) is 4.00. The van der Waals surface area contributed by atoms with E-state index < -0.39 is 0 Å². The molecule has 24 heavy (non-hydrogen) atoms. The van der Waals surface area contributed by atoms with E-state index >= 15 is 0 Å². The van der Waals surface area contributed by atoms with Gasteiger partial charge in [-0.2, -0.15) is 5.10 Å². The molecule has 0 radical (unpaired) electrons. The van der Waals surface area contributed by atoms with Crippen molar-refractivity contribution in [2.75, 3.05) is 39.3 Å². The van der Waals surface area contributed by atoms with E-state index in [0.29, 0.717) is 18.0 Å². The standard InChI is InChI=1S/C18H31N5O/c1-14(2)23-6-5-17(19-23)12-20-11-15(3)18(13-20)22-9-7-21(8-10-22)16(4)24/h5-6,14-15,18H,7-13H2,1-4H3/t15-,18-/m0/s1. The molecule has 0 unspecified atom stereocenters. The van der Waals surface area contributed by atoms with Crippen LogP contribution >= 0.6 is 0 Å². The summed E-state index contributed by atoms with van der Waals surface area (Å²) in [6.45, 7) is 15.3. The fourth-order valence-corrected chi connectivity index (χ4v) is 4.00. The van der Waals surface area contributed by atoms with E-state index in [2.05, 4.69) is 47.9 Å². The average Bonchev–Trinajstić information content (AvgIpc) is 3.14. The molecule has 0 N–H and O–H groups in total. The Kier molecular flexibility index (Phi) is 5.25. The second kappa shape index (κ2) is 7.23. The highest BCUT2D eigenvalue weighted by Gasteiger charge is 2.35. The van der Waals surface area contributed by atoms with Gasteiger partial charge in [0.1, 0.15) is 0 Å². The van der Waals surface area contributed by atoms with Crippen LogP contribution in [0.1, 0.15) is 39.4 Å². The van der Waals surface area contributed by atoms with Gasteiger partial charge in [-0.3, -0.25) is 19.3 Å². The molecule has 0 aliphatic carbocycles. The highest BCUT2D eigenvalue weighted by molar-refractivity contribution is 5.73. The Morgan fingerprint density at radius 3 is 2.54 bits per heavy atom. The zero-order valence-corrected chi connectivity index (χ0v) is 15.5. The summed E-state index contributed by atoms with van der Waals surface area (Å²) in [7, 11) is 0. The Hall–Kier alpha value is -1.40. The van der Waals surface area contributed by atoms with Gasteiger partial charge in [0, 0.05) is 71.0 Å². The van der Waals surface area contributed by atoms with Crippen LogP contribution in [-0.4, -0.2) is 75.7 Å². The Labute approximate surface area is 145 Å². The van der Waals surface area contributed by atoms with Crippen LogP contribution in [0.3, 0.4) is 0 Å². The topological polar surface area (TPSA) is 44.6 Å². The zero-order valence-electron chi connectivity index (χ0n) is 15.5. The maximum absolute atomic E-state index is 11.5. The molecule has 2 saturated heterocycles. The van der Waals surface area contributed by atoms with E-state index in [1.54, 1.807) is 6.92 Å². The van der Waals surface area contributed by atoms with Crippen LogP contribution in [0.2, 0.25) is 0 Å². The Morgan fingerprint density at radius 2 is 1.96 bits per heavy atom. The molecule has 2 fully saturated rings. The lowest BCUT2D eigenvalue weighted by molar-refractivity contribution is -0.130. The summed E-state index contributed by atoms with van der Waals surface area (Å²) in [6.07, 6.45) is 2.08. The second-order valence-corrected chi connectivity index (χ2v) is 7.66. The number of nitrogens with zero attached hydrogens (tertiary/aromatic N) is 5. The van der Waals surface area contributed by atoms with E-state index in [0.717, 1.165) is 51.5 Å². The van der Waals surface area contributed by atoms with E-state index in [-0.39, 0.29) is 5.91 Å². The third-order valence-electron chi connectivity index (χ3n) is 5.46. The molecule has 1 aromatic rings. The Bertz CT molecular complexity index is 562. The lowest BCUT2D eigenvalue weighted by Crippen LogP contribution is -2.53. The minimum Gasteiger partial charge on any atom is -0.340 e. The first-order valence-corrected chi connectivity index (χ1v) is 9.20. The summed E-state index contributed by atoms with van der Waals surface area (Å²) in [5.74, 6) is 0.873. The second-order valence-electron chi connectivity index (χ2n) is 7.66. The maximum atomic E-state index is 11.5. The number of rotatable bonds is 4. The summed E-state index contributed by atoms with van der Waals surface area (Å²) in [4.78, 5) is 18.6. The van der Waals surface area contributed by atoms with Crippen molar-refractivity contribution in [3.8, 4) is 0 Å². The molecule has 0 saturated carbocycles. The predicted molar refractivity (Wildman–Crippen MR) is 94.7 cm³/mol. The maximum Gasteiger partial charge on any atom is 0.219 e. The van der Waals surface area contributed by atoms with Gasteiger partial charge in [-0.25, -0.2) is 0 Å². The van der Waals surface area contributed by atoms with Gasteiger partial charge in [0.05, 0.1) is 5.69 Å². The number of amides is 1. The molecule has 134 valence electrons. The molecule has 6 heteroatoms. The first-order valence-electron chi connectivity index (χ1n) is 9.20. The number of aromatic nitrogens is 2. The number of carbonyl (C=O) groups excluding carboxylic acids is 1. The lowest BCUT2D eigenvalue weighted by Gasteiger charge is -2.39. The SMILES string of the molecule is CC(=O)N1CCN([C@H]2CN(Cc3ccn(C(C)C)n3)C[C@@H]2C)CC1. The number of hydrogen-bond acceptors (Lipinski definition) is 4. The van der Waals surface area contributed by atoms with Crippen molar-refractivity contribution in [1.82, 2.24) is 24.5 Å². The molecular weight excluding hydrogens is 302 g/mol. The van der Waals surface area contributed by atoms with Gasteiger partial charge < -0.3 is 4.90 Å². The molecule has 0 aromatic carbocycles. The molecule has 3 rings (SSSR count). The largest absolute Gasteiger partial charge is 0.340 e. The van der Waals surface area contributed by atoms with Gasteiger partial charge in [0.15, 0.2) is 0 Å². The van der Waals surface area contributed by atoms with E-state index in [1.165, 1.54) is 0 Å². The molecule has 1 amide bonds. The minimum absolute atomic E-state index is 0.205. The fraction of sp³-hybridized carbons (Fsp3) is 0.778. The highest BCUT2D eigenvalue weighted by atomic mass is 16.2. The Balaban J connectivity index is 1.54. The van der Waals surface area contributed by atoms with Crippen LogP contribution < -0.4 is 0 Å². The summed E-state index contributed by atoms with van der Waals surface area (Å²) >= 11 is 0. The number of piperazine rings is 1. The van der Waals surface area contributed by atoms with Crippen LogP contribution in [0.25, 0.3) is 0 Å². The molecule has 2 aliphatic heterocycles. The average molecular weight is 333 g/mol. The first-order chi connectivity index (χ1) is 11.4. The predicted octanol–water partition coefficient (Wildman–Crippen LogP) is 1.45.